The first-order valence-electron chi connectivity index (χ1n) is 9.32. The minimum Gasteiger partial charge on any atom is -0.378 e. The summed E-state index contributed by atoms with van der Waals surface area (Å²) in [5.74, 6) is 0.906. The summed E-state index contributed by atoms with van der Waals surface area (Å²) < 4.78 is 8.01. The normalized spacial score (nSPS) is 22.9. The van der Waals surface area contributed by atoms with Crippen LogP contribution < -0.4 is 10.6 Å². The molecule has 2 unspecified atom stereocenters. The smallest absolute Gasteiger partial charge is 0.191 e. The molecule has 6 heteroatoms. The van der Waals surface area contributed by atoms with Crippen LogP contribution in [0.4, 0.5) is 0 Å². The van der Waals surface area contributed by atoms with Gasteiger partial charge in [0, 0.05) is 43.5 Å². The van der Waals surface area contributed by atoms with Gasteiger partial charge in [-0.1, -0.05) is 13.8 Å². The standard InChI is InChI=1S/C18H33N5O/c1-5-18(6-2)15(13-16(18)24-8-4)22-17(20-7-3)21-10-12-23-11-9-19-14-23/h9,11,14-16H,5-8,10,12-13H2,1-4H3,(H2,20,21,22). The van der Waals surface area contributed by atoms with Gasteiger partial charge in [-0.05, 0) is 33.1 Å². The number of imidazole rings is 1. The van der Waals surface area contributed by atoms with Crippen molar-refractivity contribution in [2.24, 2.45) is 10.4 Å². The largest absolute Gasteiger partial charge is 0.378 e. The van der Waals surface area contributed by atoms with E-state index in [1.54, 1.807) is 6.20 Å². The molecule has 0 aromatic carbocycles. The molecule has 1 heterocycles. The van der Waals surface area contributed by atoms with Gasteiger partial charge in [-0.2, -0.15) is 0 Å². The Morgan fingerprint density at radius 1 is 1.33 bits per heavy atom. The molecular weight excluding hydrogens is 302 g/mol. The third kappa shape index (κ3) is 4.09. The van der Waals surface area contributed by atoms with Gasteiger partial charge in [0.05, 0.1) is 19.0 Å². The summed E-state index contributed by atoms with van der Waals surface area (Å²) in [4.78, 5) is 8.78. The van der Waals surface area contributed by atoms with Crippen molar-refractivity contribution in [1.82, 2.24) is 20.2 Å². The molecule has 0 bridgehead atoms. The van der Waals surface area contributed by atoms with Crippen molar-refractivity contribution in [3.05, 3.63) is 18.7 Å². The van der Waals surface area contributed by atoms with E-state index >= 15 is 0 Å². The second-order valence-electron chi connectivity index (χ2n) is 6.38. The molecule has 1 saturated carbocycles. The van der Waals surface area contributed by atoms with Crippen LogP contribution in [0.2, 0.25) is 0 Å². The Morgan fingerprint density at radius 2 is 2.12 bits per heavy atom. The maximum absolute atomic E-state index is 5.97. The fourth-order valence-electron chi connectivity index (χ4n) is 3.76. The maximum Gasteiger partial charge on any atom is 0.191 e. The Hall–Kier alpha value is -1.56. The van der Waals surface area contributed by atoms with E-state index in [9.17, 15) is 0 Å². The highest BCUT2D eigenvalue weighted by atomic mass is 16.5. The van der Waals surface area contributed by atoms with Gasteiger partial charge in [-0.15, -0.1) is 0 Å². The molecule has 1 aromatic rings. The Labute approximate surface area is 146 Å². The van der Waals surface area contributed by atoms with Crippen molar-refractivity contribution in [3.8, 4) is 0 Å². The van der Waals surface area contributed by atoms with Gasteiger partial charge in [-0.25, -0.2) is 4.98 Å². The first-order chi connectivity index (χ1) is 11.7. The Morgan fingerprint density at radius 3 is 2.71 bits per heavy atom. The van der Waals surface area contributed by atoms with E-state index in [1.165, 1.54) is 0 Å². The van der Waals surface area contributed by atoms with Gasteiger partial charge in [0.2, 0.25) is 0 Å². The molecule has 6 nitrogen and oxygen atoms in total. The highest BCUT2D eigenvalue weighted by Gasteiger charge is 2.53. The number of nitrogens with one attached hydrogen (secondary N) is 2. The van der Waals surface area contributed by atoms with Crippen molar-refractivity contribution in [2.75, 3.05) is 19.7 Å². The average Bonchev–Trinajstić information content (AvgIpc) is 3.08. The molecule has 2 atom stereocenters. The number of hydrogen-bond donors (Lipinski definition) is 2. The minimum absolute atomic E-state index is 0.219. The first-order valence-corrected chi connectivity index (χ1v) is 9.32. The third-order valence-electron chi connectivity index (χ3n) is 5.31. The van der Waals surface area contributed by atoms with Crippen molar-refractivity contribution in [2.45, 2.75) is 65.6 Å². The topological polar surface area (TPSA) is 63.5 Å². The summed E-state index contributed by atoms with van der Waals surface area (Å²) in [5, 5.41) is 7.02. The van der Waals surface area contributed by atoms with E-state index in [0.29, 0.717) is 12.1 Å². The molecule has 0 spiro atoms. The maximum atomic E-state index is 5.97. The number of aromatic nitrogens is 2. The van der Waals surface area contributed by atoms with E-state index in [1.807, 2.05) is 17.1 Å². The van der Waals surface area contributed by atoms with Crippen LogP contribution in [0.1, 0.15) is 47.0 Å². The van der Waals surface area contributed by atoms with E-state index in [-0.39, 0.29) is 5.41 Å². The predicted octanol–water partition coefficient (Wildman–Crippen LogP) is 2.42. The number of rotatable bonds is 9. The summed E-state index contributed by atoms with van der Waals surface area (Å²) in [5.41, 5.74) is 0.219. The van der Waals surface area contributed by atoms with Crippen LogP contribution in [0.3, 0.4) is 0 Å². The van der Waals surface area contributed by atoms with Gasteiger partial charge in [0.1, 0.15) is 0 Å². The fraction of sp³-hybridized carbons (Fsp3) is 0.778. The van der Waals surface area contributed by atoms with Crippen molar-refractivity contribution < 1.29 is 4.74 Å². The Kier molecular flexibility index (Phi) is 7.09. The molecule has 1 fully saturated rings. The number of hydrogen-bond acceptors (Lipinski definition) is 3. The van der Waals surface area contributed by atoms with E-state index in [4.69, 9.17) is 9.73 Å². The lowest BCUT2D eigenvalue weighted by molar-refractivity contribution is -0.133. The first kappa shape index (κ1) is 18.8. The monoisotopic (exact) mass is 335 g/mol. The van der Waals surface area contributed by atoms with Gasteiger partial charge < -0.3 is 19.9 Å². The SMILES string of the molecule is CCNC(=NCCn1ccnc1)NC1CC(OCC)C1(CC)CC. The van der Waals surface area contributed by atoms with Crippen LogP contribution in [0, 0.1) is 5.41 Å². The van der Waals surface area contributed by atoms with Gasteiger partial charge in [0.25, 0.3) is 0 Å². The fourth-order valence-corrected chi connectivity index (χ4v) is 3.76. The lowest BCUT2D eigenvalue weighted by Crippen LogP contribution is -2.65. The molecule has 1 aliphatic carbocycles. The molecule has 24 heavy (non-hydrogen) atoms. The van der Waals surface area contributed by atoms with Crippen LogP contribution in [-0.2, 0) is 11.3 Å². The van der Waals surface area contributed by atoms with Crippen LogP contribution in [0.15, 0.2) is 23.7 Å². The zero-order chi connectivity index (χ0) is 17.4. The molecule has 0 saturated heterocycles. The molecule has 1 aliphatic rings. The summed E-state index contributed by atoms with van der Waals surface area (Å²) in [6.07, 6.45) is 9.26. The van der Waals surface area contributed by atoms with Gasteiger partial charge >= 0.3 is 0 Å². The quantitative estimate of drug-likeness (QED) is 0.537. The number of guanidine groups is 1. The number of aliphatic imine (C=N–C) groups is 1. The predicted molar refractivity (Wildman–Crippen MR) is 98.2 cm³/mol. The van der Waals surface area contributed by atoms with Crippen LogP contribution in [0.25, 0.3) is 0 Å². The molecule has 0 aliphatic heterocycles. The molecule has 136 valence electrons. The summed E-state index contributed by atoms with van der Waals surface area (Å²) in [7, 11) is 0. The molecular formula is C18H33N5O. The zero-order valence-electron chi connectivity index (χ0n) is 15.6. The molecule has 0 radical (unpaired) electrons. The van der Waals surface area contributed by atoms with E-state index < -0.39 is 0 Å². The lowest BCUT2D eigenvalue weighted by atomic mass is 9.58. The second-order valence-corrected chi connectivity index (χ2v) is 6.38. The van der Waals surface area contributed by atoms with E-state index in [0.717, 1.165) is 51.5 Å². The Bertz CT molecular complexity index is 496. The second kappa shape index (κ2) is 9.06. The lowest BCUT2D eigenvalue weighted by Gasteiger charge is -2.55. The minimum atomic E-state index is 0.219. The molecule has 1 aromatic heterocycles. The number of ether oxygens (including phenoxy) is 1. The molecule has 2 rings (SSSR count). The van der Waals surface area contributed by atoms with E-state index in [2.05, 4.69) is 43.3 Å². The van der Waals surface area contributed by atoms with Crippen LogP contribution in [0.5, 0.6) is 0 Å². The van der Waals surface area contributed by atoms with Crippen molar-refractivity contribution in [3.63, 3.8) is 0 Å². The average molecular weight is 335 g/mol. The van der Waals surface area contributed by atoms with Gasteiger partial charge in [-0.3, -0.25) is 4.99 Å². The van der Waals surface area contributed by atoms with Crippen molar-refractivity contribution >= 4 is 5.96 Å². The highest BCUT2D eigenvalue weighted by Crippen LogP contribution is 2.48. The van der Waals surface area contributed by atoms with Gasteiger partial charge in [0.15, 0.2) is 5.96 Å². The zero-order valence-corrected chi connectivity index (χ0v) is 15.6. The summed E-state index contributed by atoms with van der Waals surface area (Å²) in [6.45, 7) is 12.0. The highest BCUT2D eigenvalue weighted by molar-refractivity contribution is 5.80. The number of nitrogens with zero attached hydrogens (tertiary/aromatic N) is 3. The van der Waals surface area contributed by atoms with Crippen LogP contribution >= 0.6 is 0 Å². The van der Waals surface area contributed by atoms with Crippen molar-refractivity contribution in [1.29, 1.82) is 0 Å². The summed E-state index contributed by atoms with van der Waals surface area (Å²) in [6, 6.07) is 0.426. The molecule has 0 amide bonds. The third-order valence-corrected chi connectivity index (χ3v) is 5.31. The Balaban J connectivity index is 1.96. The van der Waals surface area contributed by atoms with Crippen LogP contribution in [-0.4, -0.2) is 47.4 Å². The molecule has 2 N–H and O–H groups in total. The summed E-state index contributed by atoms with van der Waals surface area (Å²) >= 11 is 0.